The van der Waals surface area contributed by atoms with Crippen LogP contribution < -0.4 is 0 Å². The van der Waals surface area contributed by atoms with Crippen molar-refractivity contribution in [1.82, 2.24) is 0 Å². The molecule has 0 aromatic heterocycles. The molecule has 2 rings (SSSR count). The Balaban J connectivity index is 2.17. The number of nitro benzene ring substituents is 2. The van der Waals surface area contributed by atoms with Gasteiger partial charge < -0.3 is 0 Å². The van der Waals surface area contributed by atoms with Crippen LogP contribution in [-0.4, -0.2) is 15.6 Å². The molecule has 2 aromatic rings. The second-order valence-corrected chi connectivity index (χ2v) is 5.23. The smallest absolute Gasteiger partial charge is 0.270 e. The van der Waals surface area contributed by atoms with Crippen LogP contribution in [0.5, 0.6) is 0 Å². The maximum Gasteiger partial charge on any atom is 0.270 e. The number of allylic oxidation sites excluding steroid dienone is 2. The fourth-order valence-corrected chi connectivity index (χ4v) is 2.09. The molecule has 0 heterocycles. The lowest BCUT2D eigenvalue weighted by Gasteiger charge is -1.98. The van der Waals surface area contributed by atoms with Gasteiger partial charge in [-0.3, -0.25) is 25.0 Å². The van der Waals surface area contributed by atoms with Crippen molar-refractivity contribution < 1.29 is 14.6 Å². The predicted molar refractivity (Wildman–Crippen MR) is 93.9 cm³/mol. The molecular formula is C18H14N2O5. The van der Waals surface area contributed by atoms with E-state index in [9.17, 15) is 25.0 Å². The summed E-state index contributed by atoms with van der Waals surface area (Å²) in [7, 11) is 0. The van der Waals surface area contributed by atoms with Crippen LogP contribution in [0.4, 0.5) is 11.4 Å². The quantitative estimate of drug-likeness (QED) is 0.446. The highest BCUT2D eigenvalue weighted by atomic mass is 16.6. The number of rotatable bonds is 6. The third-order valence-electron chi connectivity index (χ3n) is 3.36. The Kier molecular flexibility index (Phi) is 5.52. The zero-order chi connectivity index (χ0) is 18.4. The fourth-order valence-electron chi connectivity index (χ4n) is 2.09. The van der Waals surface area contributed by atoms with Crippen molar-refractivity contribution in [1.29, 1.82) is 0 Å². The van der Waals surface area contributed by atoms with Crippen molar-refractivity contribution in [3.05, 3.63) is 91.5 Å². The van der Waals surface area contributed by atoms with Crippen LogP contribution in [0.2, 0.25) is 0 Å². The van der Waals surface area contributed by atoms with Gasteiger partial charge in [0.15, 0.2) is 5.78 Å². The van der Waals surface area contributed by atoms with Crippen molar-refractivity contribution in [3.8, 4) is 0 Å². The first kappa shape index (κ1) is 17.7. The van der Waals surface area contributed by atoms with Crippen LogP contribution in [0.15, 0.2) is 60.2 Å². The molecule has 0 amide bonds. The van der Waals surface area contributed by atoms with Crippen molar-refractivity contribution in [2.75, 3.05) is 0 Å². The highest BCUT2D eigenvalue weighted by Gasteiger charge is 2.07. The number of benzene rings is 2. The third-order valence-corrected chi connectivity index (χ3v) is 3.36. The molecule has 0 unspecified atom stereocenters. The van der Waals surface area contributed by atoms with E-state index in [1.54, 1.807) is 31.2 Å². The molecule has 0 N–H and O–H groups in total. The maximum atomic E-state index is 12.1. The Hall–Kier alpha value is -3.61. The fraction of sp³-hybridized carbons (Fsp3) is 0.0556. The molecule has 2 aromatic carbocycles. The van der Waals surface area contributed by atoms with Crippen molar-refractivity contribution in [2.24, 2.45) is 0 Å². The van der Waals surface area contributed by atoms with E-state index in [0.29, 0.717) is 16.7 Å². The molecule has 25 heavy (non-hydrogen) atoms. The van der Waals surface area contributed by atoms with Gasteiger partial charge in [-0.25, -0.2) is 0 Å². The number of ketones is 1. The van der Waals surface area contributed by atoms with Crippen LogP contribution in [0.3, 0.4) is 0 Å². The predicted octanol–water partition coefficient (Wildman–Crippen LogP) is 4.19. The number of nitro groups is 2. The van der Waals surface area contributed by atoms with E-state index in [-0.39, 0.29) is 17.2 Å². The number of carbonyl (C=O) groups is 1. The van der Waals surface area contributed by atoms with Gasteiger partial charge in [0.05, 0.1) is 9.85 Å². The summed E-state index contributed by atoms with van der Waals surface area (Å²) in [6.45, 7) is 1.60. The number of non-ortho nitro benzene ring substituents is 2. The molecule has 7 heteroatoms. The van der Waals surface area contributed by atoms with E-state index < -0.39 is 9.85 Å². The molecule has 7 nitrogen and oxygen atoms in total. The second-order valence-electron chi connectivity index (χ2n) is 5.23. The molecule has 0 fully saturated rings. The first-order valence-corrected chi connectivity index (χ1v) is 7.26. The van der Waals surface area contributed by atoms with Gasteiger partial charge in [-0.05, 0) is 35.8 Å². The topological polar surface area (TPSA) is 103 Å². The van der Waals surface area contributed by atoms with Crippen LogP contribution >= 0.6 is 0 Å². The molecule has 0 radical (unpaired) electrons. The number of carbonyl (C=O) groups excluding carboxylic acids is 1. The van der Waals surface area contributed by atoms with E-state index in [2.05, 4.69) is 0 Å². The summed E-state index contributed by atoms with van der Waals surface area (Å²) < 4.78 is 0. The molecule has 0 spiro atoms. The van der Waals surface area contributed by atoms with Gasteiger partial charge in [-0.1, -0.05) is 30.3 Å². The maximum absolute atomic E-state index is 12.1. The minimum Gasteiger partial charge on any atom is -0.290 e. The van der Waals surface area contributed by atoms with E-state index in [1.807, 2.05) is 0 Å². The second kappa shape index (κ2) is 7.78. The van der Waals surface area contributed by atoms with Crippen molar-refractivity contribution >= 4 is 29.3 Å². The molecule has 0 aliphatic rings. The monoisotopic (exact) mass is 338 g/mol. The van der Waals surface area contributed by atoms with Gasteiger partial charge in [-0.15, -0.1) is 0 Å². The Morgan fingerprint density at radius 3 is 2.00 bits per heavy atom. The lowest BCUT2D eigenvalue weighted by Crippen LogP contribution is -1.95. The molecule has 0 saturated carbocycles. The van der Waals surface area contributed by atoms with Crippen molar-refractivity contribution in [3.63, 3.8) is 0 Å². The zero-order valence-electron chi connectivity index (χ0n) is 13.3. The van der Waals surface area contributed by atoms with E-state index in [0.717, 1.165) is 0 Å². The molecular weight excluding hydrogens is 324 g/mol. The van der Waals surface area contributed by atoms with E-state index in [1.165, 1.54) is 42.5 Å². The summed E-state index contributed by atoms with van der Waals surface area (Å²) >= 11 is 0. The zero-order valence-corrected chi connectivity index (χ0v) is 13.3. The molecule has 0 aliphatic carbocycles. The number of nitrogens with zero attached hydrogens (tertiary/aromatic N) is 2. The first-order valence-electron chi connectivity index (χ1n) is 7.26. The standard InChI is InChI=1S/C18H14N2O5/c1-13(10-15-5-3-7-17(12-15)20(24)25)18(21)9-8-14-4-2-6-16(11-14)19(22)23/h2-12H,1H3/b9-8+,13-10-. The molecule has 0 aliphatic heterocycles. The normalized spacial score (nSPS) is 11.5. The Morgan fingerprint density at radius 2 is 1.44 bits per heavy atom. The molecule has 0 atom stereocenters. The Bertz CT molecular complexity index is 900. The van der Waals surface area contributed by atoms with Gasteiger partial charge in [0.2, 0.25) is 0 Å². The first-order chi connectivity index (χ1) is 11.9. The minimum atomic E-state index is -0.507. The molecule has 0 bridgehead atoms. The number of hydrogen-bond donors (Lipinski definition) is 0. The largest absolute Gasteiger partial charge is 0.290 e. The lowest BCUT2D eigenvalue weighted by molar-refractivity contribution is -0.385. The highest BCUT2D eigenvalue weighted by molar-refractivity contribution is 6.08. The third kappa shape index (κ3) is 4.93. The summed E-state index contributed by atoms with van der Waals surface area (Å²) in [5, 5.41) is 21.5. The average Bonchev–Trinajstić information content (AvgIpc) is 2.60. The van der Waals surface area contributed by atoms with Crippen LogP contribution in [0, 0.1) is 20.2 Å². The van der Waals surface area contributed by atoms with Crippen LogP contribution in [0.25, 0.3) is 12.2 Å². The van der Waals surface area contributed by atoms with Crippen LogP contribution in [0.1, 0.15) is 18.1 Å². The Morgan fingerprint density at radius 1 is 0.920 bits per heavy atom. The lowest BCUT2D eigenvalue weighted by atomic mass is 10.1. The summed E-state index contributed by atoms with van der Waals surface area (Å²) in [6.07, 6.45) is 4.34. The van der Waals surface area contributed by atoms with Gasteiger partial charge in [0.25, 0.3) is 11.4 Å². The number of hydrogen-bond acceptors (Lipinski definition) is 5. The van der Waals surface area contributed by atoms with Gasteiger partial charge in [0, 0.05) is 24.3 Å². The van der Waals surface area contributed by atoms with Gasteiger partial charge in [0.1, 0.15) is 0 Å². The minimum absolute atomic E-state index is 0.0545. The summed E-state index contributed by atoms with van der Waals surface area (Å²) in [5.74, 6) is -0.294. The molecule has 0 saturated heterocycles. The van der Waals surface area contributed by atoms with Gasteiger partial charge >= 0.3 is 0 Å². The highest BCUT2D eigenvalue weighted by Crippen LogP contribution is 2.17. The van der Waals surface area contributed by atoms with Gasteiger partial charge in [-0.2, -0.15) is 0 Å². The van der Waals surface area contributed by atoms with E-state index >= 15 is 0 Å². The SMILES string of the molecule is C/C(=C/c1cccc([N+](=O)[O-])c1)C(=O)/C=C/c1cccc([N+](=O)[O-])c1. The average molecular weight is 338 g/mol. The summed E-state index contributed by atoms with van der Waals surface area (Å²) in [6, 6.07) is 11.9. The van der Waals surface area contributed by atoms with Crippen molar-refractivity contribution in [2.45, 2.75) is 6.92 Å². The summed E-state index contributed by atoms with van der Waals surface area (Å²) in [5.41, 5.74) is 1.36. The van der Waals surface area contributed by atoms with E-state index in [4.69, 9.17) is 0 Å². The van der Waals surface area contributed by atoms with Crippen LogP contribution in [-0.2, 0) is 4.79 Å². The summed E-state index contributed by atoms with van der Waals surface area (Å²) in [4.78, 5) is 32.6. The Labute approximate surface area is 143 Å². The molecule has 126 valence electrons.